The number of aliphatic imine (C=N–C) groups is 1. The summed E-state index contributed by atoms with van der Waals surface area (Å²) in [5.41, 5.74) is 17.4. The molecule has 5 atom stereocenters. The van der Waals surface area contributed by atoms with Gasteiger partial charge in [-0.15, -0.1) is 0 Å². The van der Waals surface area contributed by atoms with E-state index in [1.165, 1.54) is 23.9 Å². The number of phenols is 1. The van der Waals surface area contributed by atoms with E-state index in [0.29, 0.717) is 11.3 Å². The molecular weight excluding hydrogens is 648 g/mol. The Kier molecular flexibility index (Phi) is 18.4. The van der Waals surface area contributed by atoms with Crippen LogP contribution in [0.2, 0.25) is 0 Å². The molecule has 0 unspecified atom stereocenters. The number of amides is 4. The number of carboxylic acid groups (broad SMARTS) is 2. The van der Waals surface area contributed by atoms with Gasteiger partial charge in [-0.05, 0) is 67.7 Å². The van der Waals surface area contributed by atoms with Crippen LogP contribution in [0.5, 0.6) is 5.75 Å². The fourth-order valence-corrected chi connectivity index (χ4v) is 4.85. The number of carbonyl (C=O) groups excluding carboxylic acids is 4. The largest absolute Gasteiger partial charge is 0.508 e. The number of thioether (sulfide) groups is 1. The third-order valence-corrected chi connectivity index (χ3v) is 7.70. The highest BCUT2D eigenvalue weighted by molar-refractivity contribution is 7.98. The molecule has 1 aromatic carbocycles. The Labute approximate surface area is 283 Å². The third kappa shape index (κ3) is 15.8. The first-order valence-corrected chi connectivity index (χ1v) is 16.7. The van der Waals surface area contributed by atoms with Gasteiger partial charge >= 0.3 is 11.9 Å². The average molecular weight is 697 g/mol. The van der Waals surface area contributed by atoms with Gasteiger partial charge in [0.25, 0.3) is 0 Å². The molecule has 0 fully saturated rings. The lowest BCUT2D eigenvalue weighted by Gasteiger charge is -2.27. The smallest absolute Gasteiger partial charge is 0.326 e. The molecule has 0 aliphatic rings. The highest BCUT2D eigenvalue weighted by Crippen LogP contribution is 2.12. The van der Waals surface area contributed by atoms with Crippen molar-refractivity contribution in [3.63, 3.8) is 0 Å². The Morgan fingerprint density at radius 1 is 0.812 bits per heavy atom. The van der Waals surface area contributed by atoms with E-state index in [-0.39, 0.29) is 50.4 Å². The Morgan fingerprint density at radius 2 is 1.33 bits per heavy atom. The van der Waals surface area contributed by atoms with Gasteiger partial charge in [-0.3, -0.25) is 29.0 Å². The minimum absolute atomic E-state index is 0.0241. The van der Waals surface area contributed by atoms with Gasteiger partial charge in [0.2, 0.25) is 23.6 Å². The van der Waals surface area contributed by atoms with Crippen molar-refractivity contribution in [1.82, 2.24) is 21.3 Å². The number of nitrogens with two attached hydrogens (primary N) is 3. The van der Waals surface area contributed by atoms with Crippen LogP contribution in [0.1, 0.15) is 51.5 Å². The summed E-state index contributed by atoms with van der Waals surface area (Å²) < 4.78 is 0. The molecule has 48 heavy (non-hydrogen) atoms. The second-order valence-corrected chi connectivity index (χ2v) is 12.4. The van der Waals surface area contributed by atoms with Crippen LogP contribution >= 0.6 is 11.8 Å². The maximum atomic E-state index is 13.5. The predicted molar refractivity (Wildman–Crippen MR) is 180 cm³/mol. The van der Waals surface area contributed by atoms with Crippen LogP contribution in [0.3, 0.4) is 0 Å². The number of carboxylic acids is 2. The number of nitrogens with one attached hydrogen (secondary N) is 4. The number of aromatic hydroxyl groups is 1. The summed E-state index contributed by atoms with van der Waals surface area (Å²) in [6, 6.07) is -0.0912. The van der Waals surface area contributed by atoms with E-state index in [9.17, 15) is 44.1 Å². The monoisotopic (exact) mass is 696 g/mol. The average Bonchev–Trinajstić information content (AvgIpc) is 3.01. The fourth-order valence-electron chi connectivity index (χ4n) is 4.38. The van der Waals surface area contributed by atoms with Crippen molar-refractivity contribution in [3.8, 4) is 5.75 Å². The maximum absolute atomic E-state index is 13.5. The van der Waals surface area contributed by atoms with E-state index in [1.54, 1.807) is 32.2 Å². The number of nitrogens with zero attached hydrogens (tertiary/aromatic N) is 1. The first-order chi connectivity index (χ1) is 22.5. The molecule has 0 radical (unpaired) electrons. The number of aliphatic carboxylic acids is 2. The minimum atomic E-state index is -1.44. The zero-order valence-electron chi connectivity index (χ0n) is 27.3. The van der Waals surface area contributed by atoms with E-state index < -0.39 is 78.1 Å². The Hall–Kier alpha value is -4.58. The molecule has 0 spiro atoms. The first kappa shape index (κ1) is 41.4. The second kappa shape index (κ2) is 21.3. The molecule has 0 saturated heterocycles. The summed E-state index contributed by atoms with van der Waals surface area (Å²) in [5.74, 6) is -5.86. The van der Waals surface area contributed by atoms with E-state index in [2.05, 4.69) is 26.3 Å². The Morgan fingerprint density at radius 3 is 1.83 bits per heavy atom. The molecule has 1 rings (SSSR count). The molecule has 18 heteroatoms. The number of rotatable bonds is 22. The summed E-state index contributed by atoms with van der Waals surface area (Å²) in [6.07, 6.45) is 1.36. The van der Waals surface area contributed by atoms with E-state index in [1.807, 2.05) is 0 Å². The third-order valence-electron chi connectivity index (χ3n) is 7.06. The molecular formula is C30H48N8O9S. The molecule has 0 saturated carbocycles. The van der Waals surface area contributed by atoms with Gasteiger partial charge in [-0.1, -0.05) is 26.0 Å². The lowest BCUT2D eigenvalue weighted by molar-refractivity contribution is -0.143. The zero-order chi connectivity index (χ0) is 36.4. The highest BCUT2D eigenvalue weighted by Gasteiger charge is 2.32. The summed E-state index contributed by atoms with van der Waals surface area (Å²) >= 11 is 1.40. The van der Waals surface area contributed by atoms with Crippen molar-refractivity contribution in [1.29, 1.82) is 0 Å². The van der Waals surface area contributed by atoms with Crippen LogP contribution in [0.4, 0.5) is 0 Å². The van der Waals surface area contributed by atoms with Crippen LogP contribution in [-0.4, -0.2) is 106 Å². The van der Waals surface area contributed by atoms with Crippen molar-refractivity contribution < 1.29 is 44.1 Å². The quantitative estimate of drug-likeness (QED) is 0.0380. The summed E-state index contributed by atoms with van der Waals surface area (Å²) in [6.45, 7) is 3.28. The van der Waals surface area contributed by atoms with Gasteiger partial charge in [0.1, 0.15) is 29.9 Å². The molecule has 0 aliphatic carbocycles. The normalized spacial score (nSPS) is 14.0. The topological polar surface area (TPSA) is 302 Å². The molecule has 0 heterocycles. The van der Waals surface area contributed by atoms with Crippen molar-refractivity contribution in [2.45, 2.75) is 82.6 Å². The molecule has 1 aromatic rings. The fraction of sp³-hybridized carbons (Fsp3) is 0.567. The van der Waals surface area contributed by atoms with Gasteiger partial charge in [0.05, 0.1) is 6.04 Å². The van der Waals surface area contributed by atoms with Crippen LogP contribution < -0.4 is 38.5 Å². The summed E-state index contributed by atoms with van der Waals surface area (Å²) in [4.78, 5) is 80.0. The van der Waals surface area contributed by atoms with Gasteiger partial charge in [-0.2, -0.15) is 11.8 Å². The lowest BCUT2D eigenvalue weighted by Crippen LogP contribution is -2.59. The lowest BCUT2D eigenvalue weighted by atomic mass is 10.0. The van der Waals surface area contributed by atoms with Crippen molar-refractivity contribution in [2.75, 3.05) is 18.6 Å². The van der Waals surface area contributed by atoms with Gasteiger partial charge < -0.3 is 53.8 Å². The molecule has 13 N–H and O–H groups in total. The van der Waals surface area contributed by atoms with Gasteiger partial charge in [0.15, 0.2) is 5.96 Å². The molecule has 0 bridgehead atoms. The highest BCUT2D eigenvalue weighted by atomic mass is 32.2. The Bertz CT molecular complexity index is 1280. The first-order valence-electron chi connectivity index (χ1n) is 15.3. The SMILES string of the molecule is CSCC[C@H](NC(=O)[C@@H](N)Cc1ccc(O)cc1)C(=O)N[C@@H](CCC(=O)O)C(=O)N[C@@H](CCCN=C(N)N)C(=O)N[C@H](C(=O)O)C(C)C. The summed E-state index contributed by atoms with van der Waals surface area (Å²) in [5, 5.41) is 38.3. The molecule has 0 aromatic heterocycles. The van der Waals surface area contributed by atoms with Gasteiger partial charge in [0, 0.05) is 13.0 Å². The van der Waals surface area contributed by atoms with Crippen molar-refractivity contribution in [3.05, 3.63) is 29.8 Å². The van der Waals surface area contributed by atoms with Crippen LogP contribution in [0.15, 0.2) is 29.3 Å². The van der Waals surface area contributed by atoms with E-state index >= 15 is 0 Å². The van der Waals surface area contributed by atoms with Crippen LogP contribution in [0.25, 0.3) is 0 Å². The van der Waals surface area contributed by atoms with Gasteiger partial charge in [-0.25, -0.2) is 4.79 Å². The predicted octanol–water partition coefficient (Wildman–Crippen LogP) is -1.39. The number of benzene rings is 1. The van der Waals surface area contributed by atoms with Crippen molar-refractivity contribution in [2.24, 2.45) is 28.1 Å². The van der Waals surface area contributed by atoms with Crippen molar-refractivity contribution >= 4 is 53.3 Å². The standard InChI is InChI=1S/C30H48N8O9S/c1-16(2)24(29(46)47)38-28(45)20(5-4-13-34-30(32)33)36-26(43)21(10-11-23(40)41)37-27(44)22(12-14-48-3)35-25(42)19(31)15-17-6-8-18(39)9-7-17/h6-9,16,19-22,24,39H,4-5,10-15,31H2,1-3H3,(H,35,42)(H,36,43)(H,37,44)(H,38,45)(H,40,41)(H,46,47)(H4,32,33,34)/t19-,20-,21-,22-,24-/m0/s1. The number of hydrogen-bond acceptors (Lipinski definition) is 10. The number of phenolic OH excluding ortho intramolecular Hbond substituents is 1. The minimum Gasteiger partial charge on any atom is -0.508 e. The molecule has 4 amide bonds. The van der Waals surface area contributed by atoms with Crippen LogP contribution in [-0.2, 0) is 35.2 Å². The second-order valence-electron chi connectivity index (χ2n) is 11.4. The number of hydrogen-bond donors (Lipinski definition) is 10. The molecule has 0 aliphatic heterocycles. The van der Waals surface area contributed by atoms with E-state index in [0.717, 1.165) is 0 Å². The number of carbonyl (C=O) groups is 6. The maximum Gasteiger partial charge on any atom is 0.326 e. The number of guanidine groups is 1. The van der Waals surface area contributed by atoms with E-state index in [4.69, 9.17) is 17.2 Å². The zero-order valence-corrected chi connectivity index (χ0v) is 28.1. The summed E-state index contributed by atoms with van der Waals surface area (Å²) in [7, 11) is 0. The Balaban J connectivity index is 3.18. The molecule has 17 nitrogen and oxygen atoms in total. The van der Waals surface area contributed by atoms with Crippen LogP contribution in [0, 0.1) is 5.92 Å². The molecule has 268 valence electrons.